The fraction of sp³-hybridized carbons (Fsp3) is 0. The normalized spacial score (nSPS) is 11.3. The van der Waals surface area contributed by atoms with Crippen molar-refractivity contribution in [3.63, 3.8) is 0 Å². The van der Waals surface area contributed by atoms with Crippen LogP contribution in [-0.2, 0) is 4.57 Å². The van der Waals surface area contributed by atoms with E-state index in [9.17, 15) is 4.57 Å². The van der Waals surface area contributed by atoms with Gasteiger partial charge in [-0.25, -0.2) is 0 Å². The van der Waals surface area contributed by atoms with E-state index >= 15 is 0 Å². The Morgan fingerprint density at radius 2 is 0.952 bits per heavy atom. The third kappa shape index (κ3) is 2.70. The van der Waals surface area contributed by atoms with E-state index in [1.807, 2.05) is 84.9 Å². The summed E-state index contributed by atoms with van der Waals surface area (Å²) in [5, 5.41) is 2.53. The van der Waals surface area contributed by atoms with Gasteiger partial charge in [0.15, 0.2) is 7.14 Å². The topological polar surface area (TPSA) is 17.1 Å². The molecular weight excluding hydrogens is 295 g/mol. The number of benzene rings is 3. The van der Waals surface area contributed by atoms with Crippen LogP contribution < -0.4 is 15.9 Å². The monoisotopic (exact) mass is 310 g/mol. The van der Waals surface area contributed by atoms with Crippen LogP contribution in [0, 0.1) is 0 Å². The van der Waals surface area contributed by atoms with Gasteiger partial charge in [-0.1, -0.05) is 60.7 Å². The summed E-state index contributed by atoms with van der Waals surface area (Å²) in [7, 11) is -2.83. The van der Waals surface area contributed by atoms with Crippen molar-refractivity contribution in [1.29, 1.82) is 0 Å². The Bertz CT molecular complexity index is 724. The van der Waals surface area contributed by atoms with Crippen LogP contribution in [0.2, 0.25) is 0 Å². The van der Waals surface area contributed by atoms with Crippen LogP contribution >= 0.6 is 19.8 Å². The zero-order valence-corrected chi connectivity index (χ0v) is 13.2. The standard InChI is InChI=1S/C18H15OPS/c19-20(15-7-3-1-4-8-15,16-9-5-2-6-10-16)17-11-13-18(21)14-12-17/h1-14,21H. The van der Waals surface area contributed by atoms with Crippen molar-refractivity contribution in [2.75, 3.05) is 0 Å². The maximum atomic E-state index is 13.9. The molecule has 3 rings (SSSR count). The molecule has 1 nitrogen and oxygen atoms in total. The molecule has 0 aliphatic rings. The van der Waals surface area contributed by atoms with Gasteiger partial charge in [-0.2, -0.15) is 0 Å². The van der Waals surface area contributed by atoms with Gasteiger partial charge in [0.25, 0.3) is 0 Å². The minimum atomic E-state index is -2.83. The van der Waals surface area contributed by atoms with E-state index in [0.29, 0.717) is 0 Å². The Balaban J connectivity index is 2.26. The maximum absolute atomic E-state index is 13.9. The largest absolute Gasteiger partial charge is 0.309 e. The minimum absolute atomic E-state index is 0.831. The summed E-state index contributed by atoms with van der Waals surface area (Å²) in [6.07, 6.45) is 0. The van der Waals surface area contributed by atoms with Gasteiger partial charge in [0.05, 0.1) is 0 Å². The predicted molar refractivity (Wildman–Crippen MR) is 93.1 cm³/mol. The average Bonchev–Trinajstić information content (AvgIpc) is 2.56. The molecule has 3 aromatic carbocycles. The Kier molecular flexibility index (Phi) is 4.01. The second kappa shape index (κ2) is 5.93. The van der Waals surface area contributed by atoms with Gasteiger partial charge in [-0.05, 0) is 24.3 Å². The van der Waals surface area contributed by atoms with Crippen LogP contribution in [0.25, 0.3) is 0 Å². The Morgan fingerprint density at radius 1 is 0.571 bits per heavy atom. The highest BCUT2D eigenvalue weighted by molar-refractivity contribution is 7.85. The Labute approximate surface area is 130 Å². The molecule has 0 unspecified atom stereocenters. The van der Waals surface area contributed by atoms with Gasteiger partial charge >= 0.3 is 0 Å². The molecule has 0 heterocycles. The van der Waals surface area contributed by atoms with Crippen molar-refractivity contribution in [3.8, 4) is 0 Å². The van der Waals surface area contributed by atoms with Crippen molar-refractivity contribution >= 4 is 35.7 Å². The summed E-state index contributed by atoms with van der Waals surface area (Å²) in [5.41, 5.74) is 0. The number of thiol groups is 1. The fourth-order valence-corrected chi connectivity index (χ4v) is 5.18. The van der Waals surface area contributed by atoms with Gasteiger partial charge in [0.1, 0.15) is 0 Å². The molecule has 0 aliphatic heterocycles. The quantitative estimate of drug-likeness (QED) is 0.577. The smallest absolute Gasteiger partial charge is 0.171 e. The molecule has 3 heteroatoms. The van der Waals surface area contributed by atoms with E-state index in [4.69, 9.17) is 0 Å². The summed E-state index contributed by atoms with van der Waals surface area (Å²) in [6, 6.07) is 26.9. The van der Waals surface area contributed by atoms with E-state index in [0.717, 1.165) is 20.8 Å². The van der Waals surface area contributed by atoms with Gasteiger partial charge in [-0.15, -0.1) is 12.6 Å². The van der Waals surface area contributed by atoms with Crippen molar-refractivity contribution in [2.24, 2.45) is 0 Å². The number of hydrogen-bond acceptors (Lipinski definition) is 2. The molecular formula is C18H15OPS. The number of rotatable bonds is 3. The van der Waals surface area contributed by atoms with Gasteiger partial charge in [0, 0.05) is 20.8 Å². The first-order chi connectivity index (χ1) is 10.2. The van der Waals surface area contributed by atoms with Crippen LogP contribution in [0.5, 0.6) is 0 Å². The SMILES string of the molecule is O=P(c1ccccc1)(c1ccccc1)c1ccc(S)cc1. The molecule has 104 valence electrons. The van der Waals surface area contributed by atoms with Crippen LogP contribution in [0.1, 0.15) is 0 Å². The van der Waals surface area contributed by atoms with E-state index in [1.54, 1.807) is 0 Å². The van der Waals surface area contributed by atoms with Gasteiger partial charge in [-0.3, -0.25) is 0 Å². The molecule has 0 saturated heterocycles. The summed E-state index contributed by atoms with van der Waals surface area (Å²) in [4.78, 5) is 0.867. The van der Waals surface area contributed by atoms with E-state index in [1.165, 1.54) is 0 Å². The van der Waals surface area contributed by atoms with E-state index in [-0.39, 0.29) is 0 Å². The van der Waals surface area contributed by atoms with Crippen LogP contribution in [-0.4, -0.2) is 0 Å². The molecule has 0 aliphatic carbocycles. The Morgan fingerprint density at radius 3 is 1.38 bits per heavy atom. The maximum Gasteiger partial charge on any atom is 0.171 e. The second-order valence-electron chi connectivity index (χ2n) is 4.80. The first kappa shape index (κ1) is 14.2. The molecule has 0 atom stereocenters. The number of hydrogen-bond donors (Lipinski definition) is 1. The molecule has 0 spiro atoms. The van der Waals surface area contributed by atoms with Crippen LogP contribution in [0.3, 0.4) is 0 Å². The molecule has 3 aromatic rings. The first-order valence-corrected chi connectivity index (χ1v) is 8.87. The predicted octanol–water partition coefficient (Wildman–Crippen LogP) is 3.61. The lowest BCUT2D eigenvalue weighted by molar-refractivity contribution is 0.592. The molecule has 0 aromatic heterocycles. The van der Waals surface area contributed by atoms with Gasteiger partial charge in [0.2, 0.25) is 0 Å². The summed E-state index contributed by atoms with van der Waals surface area (Å²) in [6.45, 7) is 0. The average molecular weight is 310 g/mol. The molecule has 0 saturated carbocycles. The molecule has 0 amide bonds. The first-order valence-electron chi connectivity index (χ1n) is 6.72. The molecule has 0 radical (unpaired) electrons. The highest BCUT2D eigenvalue weighted by Crippen LogP contribution is 2.42. The van der Waals surface area contributed by atoms with Crippen molar-refractivity contribution in [3.05, 3.63) is 84.9 Å². The zero-order valence-electron chi connectivity index (χ0n) is 11.4. The third-order valence-electron chi connectivity index (χ3n) is 3.45. The highest BCUT2D eigenvalue weighted by Gasteiger charge is 2.29. The van der Waals surface area contributed by atoms with Crippen molar-refractivity contribution < 1.29 is 4.57 Å². The van der Waals surface area contributed by atoms with Crippen LogP contribution in [0.4, 0.5) is 0 Å². The van der Waals surface area contributed by atoms with Gasteiger partial charge < -0.3 is 4.57 Å². The fourth-order valence-electron chi connectivity index (χ4n) is 2.39. The van der Waals surface area contributed by atoms with Crippen LogP contribution in [0.15, 0.2) is 89.8 Å². The third-order valence-corrected chi connectivity index (χ3v) is 6.83. The Hall–Kier alpha value is -1.76. The lowest BCUT2D eigenvalue weighted by Crippen LogP contribution is -2.24. The molecule has 0 N–H and O–H groups in total. The van der Waals surface area contributed by atoms with Crippen molar-refractivity contribution in [1.82, 2.24) is 0 Å². The zero-order chi connectivity index (χ0) is 14.7. The summed E-state index contributed by atoms with van der Waals surface area (Å²) in [5.74, 6) is 0. The van der Waals surface area contributed by atoms with E-state index in [2.05, 4.69) is 12.6 Å². The highest BCUT2D eigenvalue weighted by atomic mass is 32.1. The summed E-state index contributed by atoms with van der Waals surface area (Å²) >= 11 is 4.31. The lowest BCUT2D eigenvalue weighted by Gasteiger charge is -2.19. The summed E-state index contributed by atoms with van der Waals surface area (Å²) < 4.78 is 13.9. The molecule has 0 bridgehead atoms. The van der Waals surface area contributed by atoms with Crippen molar-refractivity contribution in [2.45, 2.75) is 4.90 Å². The van der Waals surface area contributed by atoms with E-state index < -0.39 is 7.14 Å². The molecule has 21 heavy (non-hydrogen) atoms. The second-order valence-corrected chi connectivity index (χ2v) is 8.08. The minimum Gasteiger partial charge on any atom is -0.309 e. The molecule has 0 fully saturated rings. The lowest BCUT2D eigenvalue weighted by atomic mass is 10.3.